The lowest BCUT2D eigenvalue weighted by molar-refractivity contribution is 0.0981. The van der Waals surface area contributed by atoms with Gasteiger partial charge in [0.1, 0.15) is 16.5 Å². The highest BCUT2D eigenvalue weighted by Crippen LogP contribution is 2.33. The molecule has 1 aromatic heterocycles. The predicted octanol–water partition coefficient (Wildman–Crippen LogP) is 5.20. The Bertz CT molecular complexity index is 988. The van der Waals surface area contributed by atoms with Gasteiger partial charge in [0, 0.05) is 28.9 Å². The maximum absolute atomic E-state index is 13.1. The smallest absolute Gasteiger partial charge is 0.277 e. The van der Waals surface area contributed by atoms with Gasteiger partial charge in [0.15, 0.2) is 0 Å². The van der Waals surface area contributed by atoms with E-state index in [-0.39, 0.29) is 18.3 Å². The van der Waals surface area contributed by atoms with Crippen molar-refractivity contribution in [3.05, 3.63) is 59.1 Å². The minimum absolute atomic E-state index is 0. The molecule has 29 heavy (non-hydrogen) atoms. The van der Waals surface area contributed by atoms with Gasteiger partial charge in [-0.2, -0.15) is 0 Å². The number of benzene rings is 2. The normalized spacial score (nSPS) is 12.8. The lowest BCUT2D eigenvalue weighted by Crippen LogP contribution is -2.35. The SMILES string of the molecule is CCCOc1ccc(-c2nc(C(=O)N3CCCc4c(N)cccc43)cs2)cc1.Cl. The van der Waals surface area contributed by atoms with E-state index >= 15 is 0 Å². The molecule has 4 rings (SSSR count). The van der Waals surface area contributed by atoms with Gasteiger partial charge in [0.2, 0.25) is 0 Å². The summed E-state index contributed by atoms with van der Waals surface area (Å²) >= 11 is 1.48. The number of fused-ring (bicyclic) bond motifs is 1. The molecule has 1 aliphatic rings. The summed E-state index contributed by atoms with van der Waals surface area (Å²) in [4.78, 5) is 19.5. The van der Waals surface area contributed by atoms with Gasteiger partial charge in [-0.25, -0.2) is 4.98 Å². The van der Waals surface area contributed by atoms with Crippen molar-refractivity contribution in [2.45, 2.75) is 26.2 Å². The highest BCUT2D eigenvalue weighted by atomic mass is 35.5. The fourth-order valence-corrected chi connectivity index (χ4v) is 4.22. The summed E-state index contributed by atoms with van der Waals surface area (Å²) in [7, 11) is 0. The Hall–Kier alpha value is -2.57. The molecule has 0 fully saturated rings. The zero-order valence-electron chi connectivity index (χ0n) is 16.3. The van der Waals surface area contributed by atoms with Crippen LogP contribution in [0.2, 0.25) is 0 Å². The third-order valence-corrected chi connectivity index (χ3v) is 5.72. The number of carbonyl (C=O) groups is 1. The number of thiazole rings is 1. The lowest BCUT2D eigenvalue weighted by atomic mass is 9.99. The summed E-state index contributed by atoms with van der Waals surface area (Å²) in [6.07, 6.45) is 2.79. The quantitative estimate of drug-likeness (QED) is 0.566. The average molecular weight is 430 g/mol. The summed E-state index contributed by atoms with van der Waals surface area (Å²) in [6.45, 7) is 3.47. The van der Waals surface area contributed by atoms with Crippen molar-refractivity contribution in [1.82, 2.24) is 4.98 Å². The number of aromatic nitrogens is 1. The van der Waals surface area contributed by atoms with E-state index in [0.717, 1.165) is 52.5 Å². The number of hydrogen-bond acceptors (Lipinski definition) is 5. The first-order valence-electron chi connectivity index (χ1n) is 9.55. The van der Waals surface area contributed by atoms with Crippen LogP contribution in [-0.4, -0.2) is 24.0 Å². The summed E-state index contributed by atoms with van der Waals surface area (Å²) < 4.78 is 5.62. The van der Waals surface area contributed by atoms with Crippen molar-refractivity contribution >= 4 is 41.0 Å². The molecule has 0 spiro atoms. The monoisotopic (exact) mass is 429 g/mol. The number of nitrogens with two attached hydrogens (primary N) is 1. The van der Waals surface area contributed by atoms with E-state index in [2.05, 4.69) is 11.9 Å². The maximum Gasteiger partial charge on any atom is 0.277 e. The van der Waals surface area contributed by atoms with E-state index in [0.29, 0.717) is 18.8 Å². The molecule has 1 amide bonds. The number of halogens is 1. The fourth-order valence-electron chi connectivity index (χ4n) is 3.42. The van der Waals surface area contributed by atoms with Crippen molar-refractivity contribution in [2.75, 3.05) is 23.8 Å². The molecule has 0 radical (unpaired) electrons. The molecule has 0 atom stereocenters. The molecule has 7 heteroatoms. The molecule has 0 saturated carbocycles. The van der Waals surface area contributed by atoms with Crippen molar-refractivity contribution in [3.8, 4) is 16.3 Å². The Morgan fingerprint density at radius 2 is 2.03 bits per heavy atom. The van der Waals surface area contributed by atoms with Gasteiger partial charge in [-0.3, -0.25) is 4.79 Å². The Labute approximate surface area is 180 Å². The summed E-state index contributed by atoms with van der Waals surface area (Å²) in [5, 5.41) is 2.66. The molecule has 3 aromatic rings. The molecule has 0 saturated heterocycles. The summed E-state index contributed by atoms with van der Waals surface area (Å²) in [5.74, 6) is 0.776. The van der Waals surface area contributed by atoms with Crippen LogP contribution in [0.1, 0.15) is 35.8 Å². The summed E-state index contributed by atoms with van der Waals surface area (Å²) in [5.41, 5.74) is 10.3. The second-order valence-electron chi connectivity index (χ2n) is 6.82. The molecule has 2 aromatic carbocycles. The fraction of sp³-hybridized carbons (Fsp3) is 0.273. The molecule has 5 nitrogen and oxygen atoms in total. The van der Waals surface area contributed by atoms with E-state index in [9.17, 15) is 4.79 Å². The molecule has 0 aliphatic carbocycles. The minimum Gasteiger partial charge on any atom is -0.494 e. The molecule has 2 heterocycles. The number of nitrogen functional groups attached to an aromatic ring is 1. The topological polar surface area (TPSA) is 68.5 Å². The van der Waals surface area contributed by atoms with Crippen LogP contribution in [0.5, 0.6) is 5.75 Å². The van der Waals surface area contributed by atoms with Gasteiger partial charge in [0.25, 0.3) is 5.91 Å². The number of ether oxygens (including phenoxy) is 1. The first kappa shape index (κ1) is 21.1. The number of rotatable bonds is 5. The van der Waals surface area contributed by atoms with E-state index < -0.39 is 0 Å². The van der Waals surface area contributed by atoms with Gasteiger partial charge in [-0.05, 0) is 61.2 Å². The van der Waals surface area contributed by atoms with Crippen molar-refractivity contribution in [3.63, 3.8) is 0 Å². The molecule has 0 unspecified atom stereocenters. The molecule has 2 N–H and O–H groups in total. The van der Waals surface area contributed by atoms with Crippen LogP contribution in [0.4, 0.5) is 11.4 Å². The molecule has 1 aliphatic heterocycles. The van der Waals surface area contributed by atoms with E-state index in [1.807, 2.05) is 47.8 Å². The Morgan fingerprint density at radius 1 is 1.24 bits per heavy atom. The highest BCUT2D eigenvalue weighted by molar-refractivity contribution is 7.13. The maximum atomic E-state index is 13.1. The zero-order chi connectivity index (χ0) is 19.5. The second-order valence-corrected chi connectivity index (χ2v) is 7.67. The third-order valence-electron chi connectivity index (χ3n) is 4.83. The van der Waals surface area contributed by atoms with Crippen LogP contribution in [0, 0.1) is 0 Å². The zero-order valence-corrected chi connectivity index (χ0v) is 17.9. The molecular weight excluding hydrogens is 406 g/mol. The van der Waals surface area contributed by atoms with Crippen LogP contribution in [0.3, 0.4) is 0 Å². The van der Waals surface area contributed by atoms with Gasteiger partial charge in [-0.1, -0.05) is 13.0 Å². The van der Waals surface area contributed by atoms with Gasteiger partial charge >= 0.3 is 0 Å². The molecule has 0 bridgehead atoms. The summed E-state index contributed by atoms with van der Waals surface area (Å²) in [6, 6.07) is 13.6. The third kappa shape index (κ3) is 4.38. The van der Waals surface area contributed by atoms with E-state index in [4.69, 9.17) is 10.5 Å². The van der Waals surface area contributed by atoms with Gasteiger partial charge < -0.3 is 15.4 Å². The standard InChI is InChI=1S/C22H23N3O2S.ClH/c1-2-13-27-16-10-8-15(9-11-16)21-24-19(14-28-21)22(26)25-12-4-5-17-18(23)6-3-7-20(17)25;/h3,6-11,14H,2,4-5,12-13,23H2,1H3;1H. The van der Waals surface area contributed by atoms with Crippen molar-refractivity contribution in [1.29, 1.82) is 0 Å². The Kier molecular flexibility index (Phi) is 6.77. The highest BCUT2D eigenvalue weighted by Gasteiger charge is 2.26. The number of nitrogens with zero attached hydrogens (tertiary/aromatic N) is 2. The Balaban J connectivity index is 0.00000240. The second kappa shape index (κ2) is 9.29. The van der Waals surface area contributed by atoms with E-state index in [1.165, 1.54) is 11.3 Å². The first-order chi connectivity index (χ1) is 13.7. The van der Waals surface area contributed by atoms with E-state index in [1.54, 1.807) is 4.90 Å². The predicted molar refractivity (Wildman–Crippen MR) is 121 cm³/mol. The van der Waals surface area contributed by atoms with Crippen LogP contribution in [0.15, 0.2) is 47.8 Å². The number of carbonyl (C=O) groups excluding carboxylic acids is 1. The molecular formula is C22H24ClN3O2S. The van der Waals surface area contributed by atoms with Crippen molar-refractivity contribution in [2.24, 2.45) is 0 Å². The van der Waals surface area contributed by atoms with Crippen LogP contribution >= 0.6 is 23.7 Å². The minimum atomic E-state index is -0.0723. The van der Waals surface area contributed by atoms with Crippen LogP contribution < -0.4 is 15.4 Å². The van der Waals surface area contributed by atoms with Gasteiger partial charge in [-0.15, -0.1) is 23.7 Å². The Morgan fingerprint density at radius 3 is 2.79 bits per heavy atom. The number of amides is 1. The largest absolute Gasteiger partial charge is 0.494 e. The van der Waals surface area contributed by atoms with Crippen LogP contribution in [-0.2, 0) is 6.42 Å². The van der Waals surface area contributed by atoms with Gasteiger partial charge in [0.05, 0.1) is 6.61 Å². The molecule has 152 valence electrons. The van der Waals surface area contributed by atoms with Crippen LogP contribution in [0.25, 0.3) is 10.6 Å². The number of anilines is 2. The van der Waals surface area contributed by atoms with Crippen molar-refractivity contribution < 1.29 is 9.53 Å². The number of hydrogen-bond donors (Lipinski definition) is 1. The average Bonchev–Trinajstić information content (AvgIpc) is 3.22. The lowest BCUT2D eigenvalue weighted by Gasteiger charge is -2.29. The first-order valence-corrected chi connectivity index (χ1v) is 10.4.